The molecule has 0 radical (unpaired) electrons. The van der Waals surface area contributed by atoms with Gasteiger partial charge < -0.3 is 4.90 Å². The Bertz CT molecular complexity index is 750. The number of rotatable bonds is 2. The number of anilines is 1. The number of hydrogen-bond donors (Lipinski definition) is 0. The highest BCUT2D eigenvalue weighted by molar-refractivity contribution is 6.54. The van der Waals surface area contributed by atoms with Crippen LogP contribution in [0.5, 0.6) is 0 Å². The molecule has 21 heavy (non-hydrogen) atoms. The second kappa shape index (κ2) is 5.28. The molecule has 0 N–H and O–H groups in total. The van der Waals surface area contributed by atoms with Gasteiger partial charge in [-0.25, -0.2) is 4.39 Å². The Morgan fingerprint density at radius 3 is 2.57 bits per heavy atom. The third kappa shape index (κ3) is 2.45. The zero-order valence-electron chi connectivity index (χ0n) is 11.3. The molecule has 1 heterocycles. The van der Waals surface area contributed by atoms with E-state index in [1.54, 1.807) is 24.1 Å². The van der Waals surface area contributed by atoms with Crippen LogP contribution in [0.4, 0.5) is 10.1 Å². The van der Waals surface area contributed by atoms with Crippen molar-refractivity contribution in [3.8, 4) is 0 Å². The summed E-state index contributed by atoms with van der Waals surface area (Å²) in [5.74, 6) is -0.493. The van der Waals surface area contributed by atoms with Gasteiger partial charge in [0.05, 0.1) is 11.9 Å². The van der Waals surface area contributed by atoms with Crippen molar-refractivity contribution >= 4 is 23.5 Å². The van der Waals surface area contributed by atoms with Crippen LogP contribution in [0.1, 0.15) is 11.1 Å². The maximum absolute atomic E-state index is 12.8. The first-order chi connectivity index (χ1) is 10.2. The summed E-state index contributed by atoms with van der Waals surface area (Å²) in [6, 6.07) is 13.3. The van der Waals surface area contributed by atoms with Crippen LogP contribution >= 0.6 is 0 Å². The van der Waals surface area contributed by atoms with Crippen molar-refractivity contribution in [1.82, 2.24) is 0 Å². The van der Waals surface area contributed by atoms with Gasteiger partial charge in [0.15, 0.2) is 5.71 Å². The number of carbonyl (C=O) groups excluding carboxylic acids is 1. The molecule has 2 aromatic carbocycles. The maximum atomic E-state index is 12.8. The first kappa shape index (κ1) is 13.2. The lowest BCUT2D eigenvalue weighted by Gasteiger charge is -2.07. The van der Waals surface area contributed by atoms with E-state index in [1.165, 1.54) is 18.3 Å². The lowest BCUT2D eigenvalue weighted by atomic mass is 10.1. The van der Waals surface area contributed by atoms with Crippen LogP contribution in [0, 0.1) is 5.82 Å². The van der Waals surface area contributed by atoms with Crippen molar-refractivity contribution in [2.45, 2.75) is 0 Å². The number of amides is 1. The number of benzene rings is 2. The molecule has 2 aromatic rings. The average Bonchev–Trinajstić information content (AvgIpc) is 2.75. The van der Waals surface area contributed by atoms with E-state index in [1.807, 2.05) is 24.3 Å². The van der Waals surface area contributed by atoms with Crippen LogP contribution in [0.25, 0.3) is 0 Å². The van der Waals surface area contributed by atoms with Crippen LogP contribution in [0.3, 0.4) is 0 Å². The maximum Gasteiger partial charge on any atom is 0.279 e. The summed E-state index contributed by atoms with van der Waals surface area (Å²) in [7, 11) is 1.70. The largest absolute Gasteiger partial charge is 0.309 e. The van der Waals surface area contributed by atoms with Crippen molar-refractivity contribution < 1.29 is 9.18 Å². The molecular formula is C16H12FN3O. The van der Waals surface area contributed by atoms with Gasteiger partial charge in [0.2, 0.25) is 0 Å². The SMILES string of the molecule is CN1C(=O)/C(=N/N=C\c2ccc(F)cc2)c2ccccc21. The van der Waals surface area contributed by atoms with Gasteiger partial charge in [0.1, 0.15) is 5.82 Å². The van der Waals surface area contributed by atoms with Gasteiger partial charge in [-0.15, -0.1) is 5.10 Å². The van der Waals surface area contributed by atoms with E-state index in [2.05, 4.69) is 10.2 Å². The topological polar surface area (TPSA) is 45.0 Å². The molecule has 0 fully saturated rings. The van der Waals surface area contributed by atoms with Gasteiger partial charge >= 0.3 is 0 Å². The van der Waals surface area contributed by atoms with Gasteiger partial charge in [0.25, 0.3) is 5.91 Å². The van der Waals surface area contributed by atoms with E-state index in [9.17, 15) is 9.18 Å². The van der Waals surface area contributed by atoms with Gasteiger partial charge in [-0.1, -0.05) is 30.3 Å². The van der Waals surface area contributed by atoms with E-state index in [4.69, 9.17) is 0 Å². The average molecular weight is 281 g/mol. The van der Waals surface area contributed by atoms with E-state index in [0.717, 1.165) is 11.3 Å². The molecule has 0 bridgehead atoms. The predicted octanol–water partition coefficient (Wildman–Crippen LogP) is 2.63. The number of halogens is 1. The molecule has 104 valence electrons. The van der Waals surface area contributed by atoms with Crippen molar-refractivity contribution in [1.29, 1.82) is 0 Å². The first-order valence-electron chi connectivity index (χ1n) is 6.41. The smallest absolute Gasteiger partial charge is 0.279 e. The molecule has 5 heteroatoms. The predicted molar refractivity (Wildman–Crippen MR) is 80.4 cm³/mol. The number of para-hydroxylation sites is 1. The Morgan fingerprint density at radius 1 is 1.10 bits per heavy atom. The molecule has 1 aliphatic heterocycles. The second-order valence-electron chi connectivity index (χ2n) is 4.63. The summed E-state index contributed by atoms with van der Waals surface area (Å²) in [5, 5.41) is 7.94. The molecule has 4 nitrogen and oxygen atoms in total. The van der Waals surface area contributed by atoms with Crippen LogP contribution in [0.15, 0.2) is 58.7 Å². The monoisotopic (exact) mass is 281 g/mol. The van der Waals surface area contributed by atoms with Crippen LogP contribution in [-0.2, 0) is 4.79 Å². The van der Waals surface area contributed by atoms with Crippen molar-refractivity contribution in [3.05, 3.63) is 65.5 Å². The van der Waals surface area contributed by atoms with E-state index in [0.29, 0.717) is 11.3 Å². The zero-order chi connectivity index (χ0) is 14.8. The highest BCUT2D eigenvalue weighted by Crippen LogP contribution is 2.27. The molecule has 0 saturated heterocycles. The standard InChI is InChI=1S/C16H12FN3O/c1-20-14-5-3-2-4-13(14)15(16(20)21)19-18-10-11-6-8-12(17)9-7-11/h2-10H,1H3/b18-10-,19-15+. The molecule has 1 aliphatic rings. The minimum absolute atomic E-state index is 0.188. The number of nitrogens with zero attached hydrogens (tertiary/aromatic N) is 3. The normalized spacial score (nSPS) is 16.0. The van der Waals surface area contributed by atoms with Crippen molar-refractivity contribution in [2.75, 3.05) is 11.9 Å². The van der Waals surface area contributed by atoms with Gasteiger partial charge in [-0.2, -0.15) is 5.10 Å². The molecule has 0 unspecified atom stereocenters. The number of carbonyl (C=O) groups is 1. The molecule has 0 saturated carbocycles. The molecule has 0 spiro atoms. The first-order valence-corrected chi connectivity index (χ1v) is 6.41. The quantitative estimate of drug-likeness (QED) is 0.616. The lowest BCUT2D eigenvalue weighted by Crippen LogP contribution is -2.25. The van der Waals surface area contributed by atoms with Crippen LogP contribution in [0.2, 0.25) is 0 Å². The summed E-state index contributed by atoms with van der Waals surface area (Å²) in [5.41, 5.74) is 2.61. The van der Waals surface area contributed by atoms with Crippen molar-refractivity contribution in [3.63, 3.8) is 0 Å². The molecular weight excluding hydrogens is 269 g/mol. The van der Waals surface area contributed by atoms with E-state index < -0.39 is 0 Å². The molecule has 0 aromatic heterocycles. The molecule has 3 rings (SSSR count). The van der Waals surface area contributed by atoms with Gasteiger partial charge in [-0.05, 0) is 23.8 Å². The third-order valence-corrected chi connectivity index (χ3v) is 3.26. The van der Waals surface area contributed by atoms with Gasteiger partial charge in [-0.3, -0.25) is 4.79 Å². The Labute approximate surface area is 121 Å². The van der Waals surface area contributed by atoms with Crippen LogP contribution in [-0.4, -0.2) is 24.9 Å². The Balaban J connectivity index is 1.90. The lowest BCUT2D eigenvalue weighted by molar-refractivity contribution is -0.111. The fourth-order valence-corrected chi connectivity index (χ4v) is 2.15. The Kier molecular flexibility index (Phi) is 3.31. The molecule has 1 amide bonds. The summed E-state index contributed by atoms with van der Waals surface area (Å²) in [6.45, 7) is 0. The molecule has 0 atom stereocenters. The minimum Gasteiger partial charge on any atom is -0.309 e. The van der Waals surface area contributed by atoms with E-state index in [-0.39, 0.29) is 11.7 Å². The third-order valence-electron chi connectivity index (χ3n) is 3.26. The summed E-state index contributed by atoms with van der Waals surface area (Å²) < 4.78 is 12.8. The summed E-state index contributed by atoms with van der Waals surface area (Å²) in [4.78, 5) is 13.7. The number of fused-ring (bicyclic) bond motifs is 1. The van der Waals surface area contributed by atoms with E-state index >= 15 is 0 Å². The van der Waals surface area contributed by atoms with Crippen molar-refractivity contribution in [2.24, 2.45) is 10.2 Å². The highest BCUT2D eigenvalue weighted by Gasteiger charge is 2.30. The second-order valence-corrected chi connectivity index (χ2v) is 4.63. The fraction of sp³-hybridized carbons (Fsp3) is 0.0625. The number of likely N-dealkylation sites (N-methyl/N-ethyl adjacent to an activating group) is 1. The summed E-state index contributed by atoms with van der Waals surface area (Å²) in [6.07, 6.45) is 1.49. The Morgan fingerprint density at radius 2 is 1.81 bits per heavy atom. The number of hydrogen-bond acceptors (Lipinski definition) is 3. The van der Waals surface area contributed by atoms with Gasteiger partial charge in [0, 0.05) is 12.6 Å². The minimum atomic E-state index is -0.306. The van der Waals surface area contributed by atoms with Crippen LogP contribution < -0.4 is 4.90 Å². The molecule has 0 aliphatic carbocycles. The summed E-state index contributed by atoms with van der Waals surface area (Å²) >= 11 is 0. The zero-order valence-corrected chi connectivity index (χ0v) is 11.3. The Hall–Kier alpha value is -2.82. The highest BCUT2D eigenvalue weighted by atomic mass is 19.1. The fourth-order valence-electron chi connectivity index (χ4n) is 2.15.